The molecule has 0 unspecified atom stereocenters. The molecule has 0 saturated carbocycles. The highest BCUT2D eigenvalue weighted by molar-refractivity contribution is 7.89. The van der Waals surface area contributed by atoms with E-state index >= 15 is 0 Å². The minimum atomic E-state index is -3.47. The van der Waals surface area contributed by atoms with Crippen LogP contribution in [-0.2, 0) is 10.0 Å². The lowest BCUT2D eigenvalue weighted by Crippen LogP contribution is -2.30. The van der Waals surface area contributed by atoms with Crippen molar-refractivity contribution >= 4 is 15.9 Å². The van der Waals surface area contributed by atoms with Crippen LogP contribution in [0.15, 0.2) is 23.1 Å². The van der Waals surface area contributed by atoms with E-state index < -0.39 is 10.0 Å². The fourth-order valence-corrected chi connectivity index (χ4v) is 4.70. The quantitative estimate of drug-likeness (QED) is 0.855. The molecule has 6 heteroatoms. The maximum absolute atomic E-state index is 12.6. The summed E-state index contributed by atoms with van der Waals surface area (Å²) in [4.78, 5) is 14.6. The summed E-state index contributed by atoms with van der Waals surface area (Å²) in [6, 6.07) is 4.92. The molecule has 2 aliphatic rings. The normalized spacial score (nSPS) is 19.8. The Kier molecular flexibility index (Phi) is 4.23. The van der Waals surface area contributed by atoms with Crippen LogP contribution in [0, 0.1) is 6.92 Å². The minimum Gasteiger partial charge on any atom is -0.339 e. The molecule has 2 aliphatic heterocycles. The second-order valence-electron chi connectivity index (χ2n) is 6.09. The SMILES string of the molecule is Cc1ccc(S(=O)(=O)N2CCCC2)cc1C(=O)N1CCCC1. The summed E-state index contributed by atoms with van der Waals surface area (Å²) in [5.74, 6) is -0.0477. The van der Waals surface area contributed by atoms with Gasteiger partial charge in [-0.25, -0.2) is 8.42 Å². The van der Waals surface area contributed by atoms with Crippen molar-refractivity contribution in [3.05, 3.63) is 29.3 Å². The third kappa shape index (κ3) is 2.77. The molecule has 3 rings (SSSR count). The first-order valence-electron chi connectivity index (χ1n) is 7.90. The molecule has 0 bridgehead atoms. The number of sulfonamides is 1. The molecule has 120 valence electrons. The Bertz CT molecular complexity index is 673. The Morgan fingerprint density at radius 2 is 1.59 bits per heavy atom. The molecule has 2 saturated heterocycles. The summed E-state index contributed by atoms with van der Waals surface area (Å²) < 4.78 is 26.8. The fourth-order valence-electron chi connectivity index (χ4n) is 3.16. The van der Waals surface area contributed by atoms with Gasteiger partial charge in [0.1, 0.15) is 0 Å². The number of carbonyl (C=O) groups is 1. The maximum atomic E-state index is 12.6. The van der Waals surface area contributed by atoms with E-state index in [1.807, 2.05) is 11.8 Å². The fraction of sp³-hybridized carbons (Fsp3) is 0.562. The Morgan fingerprint density at radius 1 is 1.00 bits per heavy atom. The van der Waals surface area contributed by atoms with Gasteiger partial charge in [-0.2, -0.15) is 4.31 Å². The molecule has 2 heterocycles. The topological polar surface area (TPSA) is 57.7 Å². The molecule has 22 heavy (non-hydrogen) atoms. The Morgan fingerprint density at radius 3 is 2.23 bits per heavy atom. The Balaban J connectivity index is 1.94. The highest BCUT2D eigenvalue weighted by Crippen LogP contribution is 2.24. The average Bonchev–Trinajstić information content (AvgIpc) is 3.20. The van der Waals surface area contributed by atoms with Gasteiger partial charge in [-0.15, -0.1) is 0 Å². The van der Waals surface area contributed by atoms with E-state index in [0.29, 0.717) is 18.7 Å². The van der Waals surface area contributed by atoms with E-state index in [-0.39, 0.29) is 10.8 Å². The van der Waals surface area contributed by atoms with Gasteiger partial charge >= 0.3 is 0 Å². The average molecular weight is 322 g/mol. The van der Waals surface area contributed by atoms with Crippen LogP contribution in [0.3, 0.4) is 0 Å². The lowest BCUT2D eigenvalue weighted by molar-refractivity contribution is 0.0792. The molecule has 0 radical (unpaired) electrons. The second kappa shape index (κ2) is 6.01. The third-order valence-electron chi connectivity index (χ3n) is 4.54. The number of hydrogen-bond donors (Lipinski definition) is 0. The molecule has 1 aromatic rings. The predicted octanol–water partition coefficient (Wildman–Crippen LogP) is 2.02. The van der Waals surface area contributed by atoms with Gasteiger partial charge in [-0.05, 0) is 50.3 Å². The molecule has 1 amide bonds. The summed E-state index contributed by atoms with van der Waals surface area (Å²) in [6.45, 7) is 4.54. The van der Waals surface area contributed by atoms with E-state index in [1.165, 1.54) is 4.31 Å². The van der Waals surface area contributed by atoms with E-state index in [0.717, 1.165) is 44.3 Å². The van der Waals surface area contributed by atoms with Crippen LogP contribution >= 0.6 is 0 Å². The van der Waals surface area contributed by atoms with Crippen molar-refractivity contribution in [3.63, 3.8) is 0 Å². The lowest BCUT2D eigenvalue weighted by Gasteiger charge is -2.19. The minimum absolute atomic E-state index is 0.0477. The number of rotatable bonds is 3. The van der Waals surface area contributed by atoms with Crippen LogP contribution in [-0.4, -0.2) is 49.7 Å². The number of aryl methyl sites for hydroxylation is 1. The number of benzene rings is 1. The number of amides is 1. The van der Waals surface area contributed by atoms with E-state index in [1.54, 1.807) is 18.2 Å². The number of nitrogens with zero attached hydrogens (tertiary/aromatic N) is 2. The summed E-state index contributed by atoms with van der Waals surface area (Å²) in [6.07, 6.45) is 3.86. The second-order valence-corrected chi connectivity index (χ2v) is 8.03. The van der Waals surface area contributed by atoms with Crippen molar-refractivity contribution in [1.82, 2.24) is 9.21 Å². The van der Waals surface area contributed by atoms with Crippen LogP contribution in [0.4, 0.5) is 0 Å². The largest absolute Gasteiger partial charge is 0.339 e. The number of carbonyl (C=O) groups excluding carboxylic acids is 1. The van der Waals surface area contributed by atoms with Gasteiger partial charge in [0.25, 0.3) is 5.91 Å². The van der Waals surface area contributed by atoms with Crippen molar-refractivity contribution in [2.45, 2.75) is 37.5 Å². The molecule has 5 nitrogen and oxygen atoms in total. The van der Waals surface area contributed by atoms with Crippen LogP contribution in [0.5, 0.6) is 0 Å². The zero-order valence-electron chi connectivity index (χ0n) is 12.9. The van der Waals surface area contributed by atoms with Gasteiger partial charge in [0.05, 0.1) is 4.90 Å². The van der Waals surface area contributed by atoms with Gasteiger partial charge in [0.2, 0.25) is 10.0 Å². The highest BCUT2D eigenvalue weighted by atomic mass is 32.2. The standard InChI is InChI=1S/C16H22N2O3S/c1-13-6-7-14(22(20,21)18-10-4-5-11-18)12-15(13)16(19)17-8-2-3-9-17/h6-7,12H,2-5,8-11H2,1H3. The monoisotopic (exact) mass is 322 g/mol. The van der Waals surface area contributed by atoms with Crippen LogP contribution in [0.2, 0.25) is 0 Å². The van der Waals surface area contributed by atoms with Crippen molar-refractivity contribution in [1.29, 1.82) is 0 Å². The molecule has 0 spiro atoms. The maximum Gasteiger partial charge on any atom is 0.254 e. The molecule has 2 fully saturated rings. The zero-order chi connectivity index (χ0) is 15.7. The van der Waals surface area contributed by atoms with Gasteiger partial charge < -0.3 is 4.90 Å². The van der Waals surface area contributed by atoms with E-state index in [2.05, 4.69) is 0 Å². The van der Waals surface area contributed by atoms with Gasteiger partial charge in [0.15, 0.2) is 0 Å². The Labute approximate surface area is 132 Å². The zero-order valence-corrected chi connectivity index (χ0v) is 13.7. The molecule has 0 atom stereocenters. The summed E-state index contributed by atoms with van der Waals surface area (Å²) in [5, 5.41) is 0. The van der Waals surface area contributed by atoms with Crippen molar-refractivity contribution in [2.24, 2.45) is 0 Å². The van der Waals surface area contributed by atoms with E-state index in [9.17, 15) is 13.2 Å². The van der Waals surface area contributed by atoms with Gasteiger partial charge in [-0.1, -0.05) is 6.07 Å². The number of likely N-dealkylation sites (tertiary alicyclic amines) is 1. The molecule has 0 aliphatic carbocycles. The molecule has 0 aromatic heterocycles. The molecular weight excluding hydrogens is 300 g/mol. The summed E-state index contributed by atoms with van der Waals surface area (Å²) in [5.41, 5.74) is 1.35. The van der Waals surface area contributed by atoms with Crippen molar-refractivity contribution in [2.75, 3.05) is 26.2 Å². The lowest BCUT2D eigenvalue weighted by atomic mass is 10.1. The van der Waals surface area contributed by atoms with Crippen molar-refractivity contribution in [3.8, 4) is 0 Å². The van der Waals surface area contributed by atoms with Crippen LogP contribution in [0.1, 0.15) is 41.6 Å². The number of hydrogen-bond acceptors (Lipinski definition) is 3. The Hall–Kier alpha value is -1.40. The van der Waals surface area contributed by atoms with Gasteiger partial charge in [0, 0.05) is 31.7 Å². The molecular formula is C16H22N2O3S. The molecule has 1 aromatic carbocycles. The molecule has 0 N–H and O–H groups in total. The third-order valence-corrected chi connectivity index (χ3v) is 6.43. The van der Waals surface area contributed by atoms with Crippen LogP contribution in [0.25, 0.3) is 0 Å². The smallest absolute Gasteiger partial charge is 0.254 e. The van der Waals surface area contributed by atoms with Gasteiger partial charge in [-0.3, -0.25) is 4.79 Å². The predicted molar refractivity (Wildman–Crippen MR) is 84.3 cm³/mol. The highest BCUT2D eigenvalue weighted by Gasteiger charge is 2.29. The van der Waals surface area contributed by atoms with Crippen LogP contribution < -0.4 is 0 Å². The summed E-state index contributed by atoms with van der Waals surface area (Å²) in [7, 11) is -3.47. The first-order chi connectivity index (χ1) is 10.5. The first-order valence-corrected chi connectivity index (χ1v) is 9.34. The first kappa shape index (κ1) is 15.5. The van der Waals surface area contributed by atoms with E-state index in [4.69, 9.17) is 0 Å². The summed E-state index contributed by atoms with van der Waals surface area (Å²) >= 11 is 0. The van der Waals surface area contributed by atoms with Crippen molar-refractivity contribution < 1.29 is 13.2 Å².